The Labute approximate surface area is 247 Å². The number of rotatable bonds is 13. The highest BCUT2D eigenvalue weighted by Gasteiger charge is 2.29. The molecule has 1 aliphatic carbocycles. The number of hydrogen-bond donors (Lipinski definition) is 3. The first-order chi connectivity index (χ1) is 19.3. The molecular formula is C31H37ClN2O6S. The summed E-state index contributed by atoms with van der Waals surface area (Å²) in [6.45, 7) is 3.91. The number of sulfonamides is 1. The second-order valence-corrected chi connectivity index (χ2v) is 13.8. The number of aliphatic hydroxyl groups excluding tert-OH is 1. The summed E-state index contributed by atoms with van der Waals surface area (Å²) in [7, 11) is -2.43. The summed E-state index contributed by atoms with van der Waals surface area (Å²) in [6, 6.07) is 19.8. The standard InChI is InChI=1S/C31H37ClN2O6S/c1-31(2,17-21-13-22-7-4-5-8-23(22)14-21)33-18-26(35)19-34(3)41(38,39)27-10-6-9-24(15-27)25-11-12-29(28(32)16-25)40-20-30(36)37/h4-12,15-16,21,26,33,35H,13-14,17-20H2,1-3H3,(H,36,37)/t26-/m1/s1. The smallest absolute Gasteiger partial charge is 0.341 e. The normalized spacial score (nSPS) is 14.7. The molecule has 3 aromatic rings. The van der Waals surface area contributed by atoms with Gasteiger partial charge in [0.1, 0.15) is 5.75 Å². The Bertz CT molecular complexity index is 1470. The van der Waals surface area contributed by atoms with Crippen LogP contribution in [0.5, 0.6) is 5.75 Å². The third-order valence-corrected chi connectivity index (χ3v) is 9.49. The van der Waals surface area contributed by atoms with Crippen LogP contribution in [0, 0.1) is 5.92 Å². The van der Waals surface area contributed by atoms with Crippen molar-refractivity contribution in [1.29, 1.82) is 0 Å². The van der Waals surface area contributed by atoms with Crippen molar-refractivity contribution in [2.45, 2.75) is 49.6 Å². The van der Waals surface area contributed by atoms with Gasteiger partial charge in [0.15, 0.2) is 6.61 Å². The fourth-order valence-corrected chi connectivity index (χ4v) is 6.88. The Morgan fingerprint density at radius 3 is 2.37 bits per heavy atom. The summed E-state index contributed by atoms with van der Waals surface area (Å²) in [6.07, 6.45) is 2.17. The maximum absolute atomic E-state index is 13.4. The molecule has 3 aromatic carbocycles. The van der Waals surface area contributed by atoms with Gasteiger partial charge in [0.05, 0.1) is 16.0 Å². The van der Waals surface area contributed by atoms with Crippen LogP contribution in [0.4, 0.5) is 0 Å². The van der Waals surface area contributed by atoms with Gasteiger partial charge in [-0.2, -0.15) is 4.31 Å². The van der Waals surface area contributed by atoms with Crippen LogP contribution in [0.2, 0.25) is 5.02 Å². The quantitative estimate of drug-likeness (QED) is 0.262. The van der Waals surface area contributed by atoms with Gasteiger partial charge in [-0.05, 0) is 85.5 Å². The second kappa shape index (κ2) is 12.9. The van der Waals surface area contributed by atoms with Gasteiger partial charge in [0.2, 0.25) is 10.0 Å². The van der Waals surface area contributed by atoms with E-state index in [0.29, 0.717) is 17.0 Å². The number of carboxylic acid groups (broad SMARTS) is 1. The largest absolute Gasteiger partial charge is 0.480 e. The van der Waals surface area contributed by atoms with Crippen molar-refractivity contribution in [1.82, 2.24) is 9.62 Å². The molecule has 0 radical (unpaired) electrons. The molecule has 1 atom stereocenters. The highest BCUT2D eigenvalue weighted by atomic mass is 35.5. The minimum atomic E-state index is -3.88. The maximum Gasteiger partial charge on any atom is 0.341 e. The minimum absolute atomic E-state index is 0.0635. The fourth-order valence-electron chi connectivity index (χ4n) is 5.39. The zero-order valence-corrected chi connectivity index (χ0v) is 25.1. The second-order valence-electron chi connectivity index (χ2n) is 11.3. The van der Waals surface area contributed by atoms with E-state index in [1.165, 1.54) is 24.2 Å². The number of carboxylic acids is 1. The third-order valence-electron chi connectivity index (χ3n) is 7.38. The number of fused-ring (bicyclic) bond motifs is 1. The number of aliphatic hydroxyl groups is 1. The lowest BCUT2D eigenvalue weighted by molar-refractivity contribution is -0.139. The number of hydrogen-bond acceptors (Lipinski definition) is 6. The Morgan fingerprint density at radius 1 is 1.07 bits per heavy atom. The van der Waals surface area contributed by atoms with Crippen LogP contribution in [0.15, 0.2) is 71.6 Å². The van der Waals surface area contributed by atoms with E-state index in [1.54, 1.807) is 36.4 Å². The first-order valence-electron chi connectivity index (χ1n) is 13.5. The van der Waals surface area contributed by atoms with E-state index in [4.69, 9.17) is 21.4 Å². The molecule has 8 nitrogen and oxygen atoms in total. The molecule has 0 saturated heterocycles. The summed E-state index contributed by atoms with van der Waals surface area (Å²) in [5, 5.41) is 23.2. The van der Waals surface area contributed by atoms with Crippen molar-refractivity contribution in [3.8, 4) is 16.9 Å². The predicted octanol–water partition coefficient (Wildman–Crippen LogP) is 4.63. The lowest BCUT2D eigenvalue weighted by atomic mass is 9.88. The van der Waals surface area contributed by atoms with Gasteiger partial charge in [0, 0.05) is 25.7 Å². The minimum Gasteiger partial charge on any atom is -0.480 e. The average Bonchev–Trinajstić information content (AvgIpc) is 3.32. The molecule has 4 rings (SSSR count). The van der Waals surface area contributed by atoms with Crippen molar-refractivity contribution >= 4 is 27.6 Å². The van der Waals surface area contributed by atoms with Gasteiger partial charge < -0.3 is 20.3 Å². The van der Waals surface area contributed by atoms with Gasteiger partial charge in [-0.25, -0.2) is 13.2 Å². The summed E-state index contributed by atoms with van der Waals surface area (Å²) in [4.78, 5) is 10.8. The lowest BCUT2D eigenvalue weighted by Crippen LogP contribution is -2.47. The number of β-amino-alcohol motifs (C(OH)–C–C–N with tert-alkyl or cyclic N) is 1. The zero-order chi connectivity index (χ0) is 29.8. The molecule has 0 fully saturated rings. The molecule has 41 heavy (non-hydrogen) atoms. The lowest BCUT2D eigenvalue weighted by Gasteiger charge is -2.31. The number of ether oxygens (including phenoxy) is 1. The molecule has 0 aromatic heterocycles. The zero-order valence-electron chi connectivity index (χ0n) is 23.5. The van der Waals surface area contributed by atoms with Crippen LogP contribution in [-0.2, 0) is 27.7 Å². The van der Waals surface area contributed by atoms with E-state index in [0.717, 1.165) is 23.6 Å². The SMILES string of the molecule is CN(C[C@H](O)CNC(C)(C)CC1Cc2ccccc2C1)S(=O)(=O)c1cccc(-c2ccc(OCC(=O)O)c(Cl)c2)c1. The fraction of sp³-hybridized carbons (Fsp3) is 0.387. The van der Waals surface area contributed by atoms with E-state index in [-0.39, 0.29) is 34.3 Å². The summed E-state index contributed by atoms with van der Waals surface area (Å²) in [5.74, 6) is -0.363. The number of nitrogens with one attached hydrogen (secondary N) is 1. The monoisotopic (exact) mass is 600 g/mol. The number of aliphatic carboxylic acids is 1. The van der Waals surface area contributed by atoms with E-state index >= 15 is 0 Å². The van der Waals surface area contributed by atoms with Gasteiger partial charge in [-0.15, -0.1) is 0 Å². The average molecular weight is 601 g/mol. The van der Waals surface area contributed by atoms with E-state index in [9.17, 15) is 18.3 Å². The molecule has 0 unspecified atom stereocenters. The number of likely N-dealkylation sites (N-methyl/N-ethyl adjacent to an activating group) is 1. The van der Waals surface area contributed by atoms with Crippen LogP contribution < -0.4 is 10.1 Å². The van der Waals surface area contributed by atoms with Gasteiger partial charge in [-0.1, -0.05) is 54.1 Å². The predicted molar refractivity (Wildman–Crippen MR) is 160 cm³/mol. The van der Waals surface area contributed by atoms with Crippen LogP contribution in [0.1, 0.15) is 31.4 Å². The highest BCUT2D eigenvalue weighted by Crippen LogP contribution is 2.33. The van der Waals surface area contributed by atoms with Gasteiger partial charge in [-0.3, -0.25) is 0 Å². The molecule has 1 aliphatic rings. The molecule has 220 valence electrons. The molecule has 0 saturated carbocycles. The molecule has 0 spiro atoms. The number of carbonyl (C=O) groups is 1. The van der Waals surface area contributed by atoms with Crippen molar-refractivity contribution < 1.29 is 28.2 Å². The van der Waals surface area contributed by atoms with Crippen molar-refractivity contribution in [2.24, 2.45) is 5.92 Å². The Balaban J connectivity index is 1.34. The van der Waals surface area contributed by atoms with Crippen LogP contribution >= 0.6 is 11.6 Å². The summed E-state index contributed by atoms with van der Waals surface area (Å²) >= 11 is 6.25. The maximum atomic E-state index is 13.4. The third kappa shape index (κ3) is 8.08. The van der Waals surface area contributed by atoms with Gasteiger partial charge >= 0.3 is 5.97 Å². The molecule has 0 heterocycles. The topological polar surface area (TPSA) is 116 Å². The van der Waals surface area contributed by atoms with E-state index < -0.39 is 28.7 Å². The number of benzene rings is 3. The van der Waals surface area contributed by atoms with Crippen molar-refractivity contribution in [3.63, 3.8) is 0 Å². The Morgan fingerprint density at radius 2 is 1.73 bits per heavy atom. The van der Waals surface area contributed by atoms with Crippen molar-refractivity contribution in [3.05, 3.63) is 82.9 Å². The van der Waals surface area contributed by atoms with Crippen molar-refractivity contribution in [2.75, 3.05) is 26.7 Å². The summed E-state index contributed by atoms with van der Waals surface area (Å²) in [5.41, 5.74) is 3.87. The first kappa shape index (κ1) is 31.0. The van der Waals surface area contributed by atoms with Gasteiger partial charge in [0.25, 0.3) is 0 Å². The summed E-state index contributed by atoms with van der Waals surface area (Å²) < 4.78 is 33.0. The van der Waals surface area contributed by atoms with Crippen LogP contribution in [0.3, 0.4) is 0 Å². The molecule has 0 aliphatic heterocycles. The molecular weight excluding hydrogens is 564 g/mol. The molecule has 0 amide bonds. The molecule has 0 bridgehead atoms. The number of nitrogens with zero attached hydrogens (tertiary/aromatic N) is 1. The van der Waals surface area contributed by atoms with E-state index in [1.807, 2.05) is 0 Å². The highest BCUT2D eigenvalue weighted by molar-refractivity contribution is 7.89. The number of halogens is 1. The Kier molecular flexibility index (Phi) is 9.77. The van der Waals surface area contributed by atoms with Crippen LogP contribution in [-0.4, -0.2) is 67.3 Å². The van der Waals surface area contributed by atoms with E-state index in [2.05, 4.69) is 43.4 Å². The first-order valence-corrected chi connectivity index (χ1v) is 15.4. The molecule has 3 N–H and O–H groups in total. The molecule has 10 heteroatoms. The van der Waals surface area contributed by atoms with Crippen LogP contribution in [0.25, 0.3) is 11.1 Å². The Hall–Kier alpha value is -2.95.